The lowest BCUT2D eigenvalue weighted by atomic mass is 9.86. The van der Waals surface area contributed by atoms with Crippen LogP contribution in [0.1, 0.15) is 59.2 Å². The van der Waals surface area contributed by atoms with Gasteiger partial charge in [0.15, 0.2) is 0 Å². The highest BCUT2D eigenvalue weighted by Crippen LogP contribution is 2.42. The van der Waals surface area contributed by atoms with Gasteiger partial charge in [-0.3, -0.25) is 4.79 Å². The van der Waals surface area contributed by atoms with Crippen molar-refractivity contribution >= 4 is 22.9 Å². The Kier molecular flexibility index (Phi) is 5.20. The number of nitrogens with zero attached hydrogens (tertiary/aromatic N) is 1. The number of aliphatic carboxylic acids is 1. The summed E-state index contributed by atoms with van der Waals surface area (Å²) in [5.41, 5.74) is 7.99. The summed E-state index contributed by atoms with van der Waals surface area (Å²) in [6, 6.07) is 8.68. The standard InChI is InChI=1S/C23H27NO2S/c1-3-19(23(25)26)18-7-5-15-4-6-17-10-13-27-22(17)21(20(15)14-18)16-8-11-24(2)12-9-16/h5,7,10,13-14,19H,3-4,6,8-9,11-12H2,1-2H3,(H,25,26). The zero-order chi connectivity index (χ0) is 19.0. The van der Waals surface area contributed by atoms with Crippen molar-refractivity contribution in [3.05, 3.63) is 62.3 Å². The van der Waals surface area contributed by atoms with Gasteiger partial charge in [0.25, 0.3) is 0 Å². The van der Waals surface area contributed by atoms with Crippen LogP contribution in [0.25, 0.3) is 5.57 Å². The normalized spacial score (nSPS) is 18.6. The van der Waals surface area contributed by atoms with Crippen LogP contribution in [0.5, 0.6) is 0 Å². The number of hydrogen-bond donors (Lipinski definition) is 1. The molecule has 0 radical (unpaired) electrons. The largest absolute Gasteiger partial charge is 0.481 e. The van der Waals surface area contributed by atoms with E-state index in [1.165, 1.54) is 27.1 Å². The maximum absolute atomic E-state index is 11.7. The Balaban J connectivity index is 1.89. The summed E-state index contributed by atoms with van der Waals surface area (Å²) in [7, 11) is 2.19. The van der Waals surface area contributed by atoms with Gasteiger partial charge in [-0.05, 0) is 84.5 Å². The van der Waals surface area contributed by atoms with Crippen molar-refractivity contribution in [3.63, 3.8) is 0 Å². The Labute approximate surface area is 165 Å². The van der Waals surface area contributed by atoms with Crippen LogP contribution in [0.2, 0.25) is 0 Å². The molecule has 3 nitrogen and oxygen atoms in total. The molecule has 1 aromatic heterocycles. The number of fused-ring (bicyclic) bond motifs is 2. The van der Waals surface area contributed by atoms with Gasteiger partial charge in [-0.15, -0.1) is 11.3 Å². The molecule has 1 fully saturated rings. The number of likely N-dealkylation sites (tertiary alicyclic amines) is 1. The average molecular weight is 382 g/mol. The van der Waals surface area contributed by atoms with E-state index in [1.807, 2.05) is 24.3 Å². The van der Waals surface area contributed by atoms with Crippen LogP contribution < -0.4 is 0 Å². The fraction of sp³-hybridized carbons (Fsp3) is 0.435. The molecule has 0 bridgehead atoms. The lowest BCUT2D eigenvalue weighted by molar-refractivity contribution is -0.138. The van der Waals surface area contributed by atoms with E-state index in [2.05, 4.69) is 35.5 Å². The number of carboxylic acid groups (broad SMARTS) is 1. The second-order valence-electron chi connectivity index (χ2n) is 7.77. The van der Waals surface area contributed by atoms with Crippen LogP contribution in [0.3, 0.4) is 0 Å². The molecule has 0 amide bonds. The Morgan fingerprint density at radius 1 is 1.15 bits per heavy atom. The first-order chi connectivity index (χ1) is 13.1. The second-order valence-corrected chi connectivity index (χ2v) is 8.69. The third-order valence-electron chi connectivity index (χ3n) is 6.09. The number of aryl methyl sites for hydroxylation is 2. The molecule has 2 aliphatic rings. The molecule has 2 aromatic rings. The molecule has 4 rings (SSSR count). The first-order valence-corrected chi connectivity index (χ1v) is 10.8. The van der Waals surface area contributed by atoms with Crippen LogP contribution in [0.15, 0.2) is 35.2 Å². The van der Waals surface area contributed by atoms with Gasteiger partial charge in [-0.2, -0.15) is 0 Å². The van der Waals surface area contributed by atoms with Crippen molar-refractivity contribution in [2.45, 2.75) is 44.9 Å². The number of thiophene rings is 1. The lowest BCUT2D eigenvalue weighted by Crippen LogP contribution is -2.27. The summed E-state index contributed by atoms with van der Waals surface area (Å²) >= 11 is 1.84. The first kappa shape index (κ1) is 18.5. The minimum atomic E-state index is -0.726. The van der Waals surface area contributed by atoms with E-state index in [0.29, 0.717) is 6.42 Å². The van der Waals surface area contributed by atoms with E-state index in [0.717, 1.165) is 44.3 Å². The molecule has 1 atom stereocenters. The molecule has 1 unspecified atom stereocenters. The Morgan fingerprint density at radius 3 is 2.59 bits per heavy atom. The number of carbonyl (C=O) groups is 1. The Bertz CT molecular complexity index is 886. The third-order valence-corrected chi connectivity index (χ3v) is 7.07. The molecule has 1 aliphatic carbocycles. The molecule has 1 aliphatic heterocycles. The molecule has 2 heterocycles. The zero-order valence-corrected chi connectivity index (χ0v) is 16.9. The quantitative estimate of drug-likeness (QED) is 0.817. The van der Waals surface area contributed by atoms with Crippen molar-refractivity contribution in [2.75, 3.05) is 20.1 Å². The van der Waals surface area contributed by atoms with Gasteiger partial charge >= 0.3 is 5.97 Å². The van der Waals surface area contributed by atoms with Crippen LogP contribution in [0.4, 0.5) is 0 Å². The van der Waals surface area contributed by atoms with Crippen molar-refractivity contribution in [3.8, 4) is 0 Å². The first-order valence-electron chi connectivity index (χ1n) is 9.91. The van der Waals surface area contributed by atoms with Gasteiger partial charge < -0.3 is 10.0 Å². The second kappa shape index (κ2) is 7.61. The number of carboxylic acids is 1. The predicted molar refractivity (Wildman–Crippen MR) is 112 cm³/mol. The molecule has 1 saturated heterocycles. The maximum atomic E-state index is 11.7. The number of piperidine rings is 1. The smallest absolute Gasteiger partial charge is 0.310 e. The van der Waals surface area contributed by atoms with Crippen molar-refractivity contribution in [1.82, 2.24) is 4.90 Å². The highest BCUT2D eigenvalue weighted by molar-refractivity contribution is 7.11. The molecular weight excluding hydrogens is 354 g/mol. The number of rotatable bonds is 3. The van der Waals surface area contributed by atoms with Gasteiger partial charge in [0, 0.05) is 18.0 Å². The van der Waals surface area contributed by atoms with E-state index in [-0.39, 0.29) is 0 Å². The highest BCUT2D eigenvalue weighted by Gasteiger charge is 2.26. The number of benzene rings is 1. The third kappa shape index (κ3) is 3.48. The van der Waals surface area contributed by atoms with Crippen molar-refractivity contribution in [1.29, 1.82) is 0 Å². The molecule has 27 heavy (non-hydrogen) atoms. The molecule has 1 aromatic carbocycles. The summed E-state index contributed by atoms with van der Waals surface area (Å²) in [5, 5.41) is 11.8. The number of hydrogen-bond acceptors (Lipinski definition) is 3. The van der Waals surface area contributed by atoms with Crippen LogP contribution in [-0.4, -0.2) is 36.1 Å². The van der Waals surface area contributed by atoms with Gasteiger partial charge in [0.05, 0.1) is 5.92 Å². The average Bonchev–Trinajstić information content (AvgIpc) is 3.05. The van der Waals surface area contributed by atoms with Crippen molar-refractivity contribution in [2.24, 2.45) is 0 Å². The molecule has 142 valence electrons. The van der Waals surface area contributed by atoms with E-state index in [1.54, 1.807) is 5.57 Å². The Hall–Kier alpha value is -1.91. The minimum absolute atomic E-state index is 0.426. The van der Waals surface area contributed by atoms with Crippen LogP contribution in [0, 0.1) is 0 Å². The van der Waals surface area contributed by atoms with Crippen LogP contribution in [-0.2, 0) is 17.6 Å². The fourth-order valence-corrected chi connectivity index (χ4v) is 5.51. The van der Waals surface area contributed by atoms with Gasteiger partial charge in [0.1, 0.15) is 0 Å². The molecule has 0 saturated carbocycles. The van der Waals surface area contributed by atoms with Gasteiger partial charge in [-0.25, -0.2) is 0 Å². The van der Waals surface area contributed by atoms with Gasteiger partial charge in [-0.1, -0.05) is 24.6 Å². The van der Waals surface area contributed by atoms with Crippen molar-refractivity contribution < 1.29 is 9.90 Å². The SMILES string of the molecule is CCC(C(=O)O)c1ccc2c(c1)C(=C1CCN(C)CC1)c1sccc1CC2. The Morgan fingerprint density at radius 2 is 1.89 bits per heavy atom. The van der Waals surface area contributed by atoms with E-state index >= 15 is 0 Å². The van der Waals surface area contributed by atoms with E-state index in [4.69, 9.17) is 0 Å². The minimum Gasteiger partial charge on any atom is -0.481 e. The lowest BCUT2D eigenvalue weighted by Gasteiger charge is -2.27. The molecule has 0 spiro atoms. The van der Waals surface area contributed by atoms with Crippen LogP contribution >= 0.6 is 11.3 Å². The topological polar surface area (TPSA) is 40.5 Å². The van der Waals surface area contributed by atoms with Gasteiger partial charge in [0.2, 0.25) is 0 Å². The summed E-state index contributed by atoms with van der Waals surface area (Å²) in [4.78, 5) is 15.5. The predicted octanol–water partition coefficient (Wildman–Crippen LogP) is 4.95. The van der Waals surface area contributed by atoms with E-state index < -0.39 is 11.9 Å². The summed E-state index contributed by atoms with van der Waals surface area (Å²) in [6.07, 6.45) is 4.92. The molecule has 4 heteroatoms. The summed E-state index contributed by atoms with van der Waals surface area (Å²) < 4.78 is 0. The summed E-state index contributed by atoms with van der Waals surface area (Å²) in [5.74, 6) is -1.15. The maximum Gasteiger partial charge on any atom is 0.310 e. The molecule has 1 N–H and O–H groups in total. The van der Waals surface area contributed by atoms with E-state index in [9.17, 15) is 9.90 Å². The summed E-state index contributed by atoms with van der Waals surface area (Å²) in [6.45, 7) is 4.15. The monoisotopic (exact) mass is 381 g/mol. The fourth-order valence-electron chi connectivity index (χ4n) is 4.45. The zero-order valence-electron chi connectivity index (χ0n) is 16.1. The molecular formula is C23H27NO2S. The highest BCUT2D eigenvalue weighted by atomic mass is 32.1.